The van der Waals surface area contributed by atoms with Crippen molar-refractivity contribution in [1.82, 2.24) is 4.57 Å². The molecule has 44 heavy (non-hydrogen) atoms. The predicted octanol–water partition coefficient (Wildman–Crippen LogP) is 9.63. The molecular formula is C39H20N4O. The van der Waals surface area contributed by atoms with E-state index in [9.17, 15) is 15.8 Å². The minimum absolute atomic E-state index is 0.369. The number of benzene rings is 6. The summed E-state index contributed by atoms with van der Waals surface area (Å²) in [5.41, 5.74) is 8.04. The second-order valence-electron chi connectivity index (χ2n) is 10.6. The summed E-state index contributed by atoms with van der Waals surface area (Å²) in [5.74, 6) is 0. The molecule has 0 spiro atoms. The van der Waals surface area contributed by atoms with Gasteiger partial charge in [-0.3, -0.25) is 0 Å². The van der Waals surface area contributed by atoms with E-state index in [1.165, 1.54) is 0 Å². The van der Waals surface area contributed by atoms with Crippen molar-refractivity contribution in [3.05, 3.63) is 138 Å². The molecule has 0 fully saturated rings. The third-order valence-electron chi connectivity index (χ3n) is 8.35. The molecule has 0 saturated carbocycles. The van der Waals surface area contributed by atoms with Gasteiger partial charge < -0.3 is 8.98 Å². The van der Waals surface area contributed by atoms with E-state index in [1.54, 1.807) is 12.1 Å². The number of hydrogen-bond acceptors (Lipinski definition) is 4. The van der Waals surface area contributed by atoms with Crippen LogP contribution in [0.3, 0.4) is 0 Å². The number of nitriles is 3. The van der Waals surface area contributed by atoms with Crippen LogP contribution in [0.5, 0.6) is 0 Å². The fourth-order valence-corrected chi connectivity index (χ4v) is 6.47. The molecule has 6 aromatic carbocycles. The van der Waals surface area contributed by atoms with Crippen molar-refractivity contribution in [3.63, 3.8) is 0 Å². The zero-order chi connectivity index (χ0) is 29.8. The molecule has 0 atom stereocenters. The van der Waals surface area contributed by atoms with Gasteiger partial charge in [-0.1, -0.05) is 78.9 Å². The topological polar surface area (TPSA) is 89.4 Å². The maximum atomic E-state index is 10.7. The Labute approximate surface area is 252 Å². The molecule has 2 heterocycles. The Morgan fingerprint density at radius 1 is 0.500 bits per heavy atom. The first-order valence-electron chi connectivity index (χ1n) is 14.1. The highest BCUT2D eigenvalue weighted by molar-refractivity contribution is 6.10. The van der Waals surface area contributed by atoms with Crippen molar-refractivity contribution in [1.29, 1.82) is 15.8 Å². The smallest absolute Gasteiger partial charge is 0.135 e. The van der Waals surface area contributed by atoms with Crippen LogP contribution >= 0.6 is 0 Å². The molecule has 8 aromatic rings. The highest BCUT2D eigenvalue weighted by Gasteiger charge is 2.23. The largest absolute Gasteiger partial charge is 0.456 e. The SMILES string of the molecule is N#Cc1ccc(-c2cccc(C#N)c2-n2c3ccccc3c3ccccc32)c(C#N)c1-c1ccc2oc3ccccc3c2c1. The Bertz CT molecular complexity index is 2550. The summed E-state index contributed by atoms with van der Waals surface area (Å²) < 4.78 is 8.15. The highest BCUT2D eigenvalue weighted by atomic mass is 16.3. The third-order valence-corrected chi connectivity index (χ3v) is 8.35. The Hall–Kier alpha value is -6.61. The fraction of sp³-hybridized carbons (Fsp3) is 0. The lowest BCUT2D eigenvalue weighted by molar-refractivity contribution is 0.669. The van der Waals surface area contributed by atoms with Crippen molar-refractivity contribution in [3.8, 4) is 46.1 Å². The summed E-state index contributed by atoms with van der Waals surface area (Å²) in [6.07, 6.45) is 0. The molecule has 202 valence electrons. The van der Waals surface area contributed by atoms with Gasteiger partial charge in [-0.2, -0.15) is 15.8 Å². The maximum absolute atomic E-state index is 10.7. The van der Waals surface area contributed by atoms with Gasteiger partial charge in [0.15, 0.2) is 0 Å². The fourth-order valence-electron chi connectivity index (χ4n) is 6.47. The number of para-hydroxylation sites is 4. The summed E-state index contributed by atoms with van der Waals surface area (Å²) in [5, 5.41) is 35.3. The molecule has 0 saturated heterocycles. The van der Waals surface area contributed by atoms with Gasteiger partial charge in [0, 0.05) is 38.2 Å². The van der Waals surface area contributed by atoms with Crippen LogP contribution in [0.4, 0.5) is 0 Å². The molecule has 0 aliphatic heterocycles. The zero-order valence-corrected chi connectivity index (χ0v) is 23.2. The molecule has 0 aliphatic carbocycles. The molecule has 5 nitrogen and oxygen atoms in total. The van der Waals surface area contributed by atoms with Crippen molar-refractivity contribution >= 4 is 43.7 Å². The molecule has 0 N–H and O–H groups in total. The molecule has 0 bridgehead atoms. The van der Waals surface area contributed by atoms with Crippen molar-refractivity contribution in [2.24, 2.45) is 0 Å². The maximum Gasteiger partial charge on any atom is 0.135 e. The van der Waals surface area contributed by atoms with Gasteiger partial charge in [-0.25, -0.2) is 0 Å². The van der Waals surface area contributed by atoms with Gasteiger partial charge in [0.25, 0.3) is 0 Å². The Morgan fingerprint density at radius 3 is 1.86 bits per heavy atom. The minimum Gasteiger partial charge on any atom is -0.456 e. The van der Waals surface area contributed by atoms with Crippen LogP contribution in [-0.4, -0.2) is 4.57 Å². The first kappa shape index (κ1) is 25.1. The Kier molecular flexibility index (Phi) is 5.56. The summed E-state index contributed by atoms with van der Waals surface area (Å²) in [7, 11) is 0. The Balaban J connectivity index is 1.45. The van der Waals surface area contributed by atoms with E-state index in [-0.39, 0.29) is 0 Å². The van der Waals surface area contributed by atoms with E-state index < -0.39 is 0 Å². The van der Waals surface area contributed by atoms with Gasteiger partial charge in [0.2, 0.25) is 0 Å². The van der Waals surface area contributed by atoms with Crippen LogP contribution < -0.4 is 0 Å². The predicted molar refractivity (Wildman–Crippen MR) is 173 cm³/mol. The molecule has 0 amide bonds. The number of rotatable bonds is 3. The third kappa shape index (κ3) is 3.56. The standard InChI is InChI=1S/C39H20N4O/c40-21-25-16-18-27(33(23-42)38(25)24-17-19-37-32(20-24)30-11-3-6-15-36(30)44-37)31-12-7-8-26(22-41)39(31)43-34-13-4-1-9-28(34)29-10-2-5-14-35(29)43/h1-20H. The monoisotopic (exact) mass is 560 g/mol. The number of furan rings is 1. The lowest BCUT2D eigenvalue weighted by Gasteiger charge is -2.18. The normalized spacial score (nSPS) is 11.1. The molecule has 2 aromatic heterocycles. The van der Waals surface area contributed by atoms with E-state index in [4.69, 9.17) is 4.42 Å². The molecule has 8 rings (SSSR count). The van der Waals surface area contributed by atoms with Crippen LogP contribution in [0.15, 0.2) is 126 Å². The average Bonchev–Trinajstić information content (AvgIpc) is 3.62. The zero-order valence-electron chi connectivity index (χ0n) is 23.2. The summed E-state index contributed by atoms with van der Waals surface area (Å²) in [6.45, 7) is 0. The van der Waals surface area contributed by atoms with Crippen molar-refractivity contribution < 1.29 is 4.42 Å². The highest BCUT2D eigenvalue weighted by Crippen LogP contribution is 2.42. The van der Waals surface area contributed by atoms with E-state index in [0.29, 0.717) is 33.5 Å². The van der Waals surface area contributed by atoms with Crippen molar-refractivity contribution in [2.75, 3.05) is 0 Å². The first-order chi connectivity index (χ1) is 21.7. The molecule has 5 heteroatoms. The lowest BCUT2D eigenvalue weighted by atomic mass is 9.87. The summed E-state index contributed by atoms with van der Waals surface area (Å²) >= 11 is 0. The average molecular weight is 561 g/mol. The van der Waals surface area contributed by atoms with E-state index in [2.05, 4.69) is 34.9 Å². The first-order valence-corrected chi connectivity index (χ1v) is 14.1. The van der Waals surface area contributed by atoms with E-state index >= 15 is 0 Å². The summed E-state index contributed by atoms with van der Waals surface area (Å²) in [6, 6.07) is 46.2. The number of fused-ring (bicyclic) bond motifs is 6. The van der Waals surface area contributed by atoms with Gasteiger partial charge in [0.1, 0.15) is 23.3 Å². The number of nitrogens with zero attached hydrogens (tertiary/aromatic N) is 4. The van der Waals surface area contributed by atoms with Gasteiger partial charge in [0.05, 0.1) is 39.5 Å². The number of hydrogen-bond donors (Lipinski definition) is 0. The van der Waals surface area contributed by atoms with Gasteiger partial charge in [-0.05, 0) is 48.0 Å². The molecule has 0 aliphatic rings. The van der Waals surface area contributed by atoms with E-state index in [0.717, 1.165) is 54.9 Å². The number of aromatic nitrogens is 1. The van der Waals surface area contributed by atoms with Gasteiger partial charge >= 0.3 is 0 Å². The van der Waals surface area contributed by atoms with Crippen LogP contribution in [0.2, 0.25) is 0 Å². The molecular weight excluding hydrogens is 540 g/mol. The molecule has 0 radical (unpaired) electrons. The minimum atomic E-state index is 0.369. The van der Waals surface area contributed by atoms with Crippen molar-refractivity contribution in [2.45, 2.75) is 0 Å². The van der Waals surface area contributed by atoms with Crippen LogP contribution in [-0.2, 0) is 0 Å². The van der Waals surface area contributed by atoms with Crippen LogP contribution in [0.1, 0.15) is 16.7 Å². The lowest BCUT2D eigenvalue weighted by Crippen LogP contribution is -2.02. The molecule has 0 unspecified atom stereocenters. The van der Waals surface area contributed by atoms with Gasteiger partial charge in [-0.15, -0.1) is 0 Å². The second kappa shape index (κ2) is 9.74. The second-order valence-corrected chi connectivity index (χ2v) is 10.6. The summed E-state index contributed by atoms with van der Waals surface area (Å²) in [4.78, 5) is 0. The quantitative estimate of drug-likeness (QED) is 0.215. The van der Waals surface area contributed by atoms with E-state index in [1.807, 2.05) is 97.1 Å². The van der Waals surface area contributed by atoms with Crippen LogP contribution in [0, 0.1) is 34.0 Å². The van der Waals surface area contributed by atoms with Crippen LogP contribution in [0.25, 0.3) is 71.7 Å². The Morgan fingerprint density at radius 2 is 1.16 bits per heavy atom.